The second kappa shape index (κ2) is 6.20. The Hall–Kier alpha value is -0.830. The van der Waals surface area contributed by atoms with Gasteiger partial charge in [0.1, 0.15) is 0 Å². The predicted octanol–water partition coefficient (Wildman–Crippen LogP) is 2.73. The molecule has 17 heavy (non-hydrogen) atoms. The zero-order valence-electron chi connectivity index (χ0n) is 11.8. The Kier molecular flexibility index (Phi) is 5.19. The maximum atomic E-state index is 5.82. The third-order valence-corrected chi connectivity index (χ3v) is 2.72. The molecule has 1 heterocycles. The summed E-state index contributed by atoms with van der Waals surface area (Å²) in [5.74, 6) is 0.504. The van der Waals surface area contributed by atoms with E-state index in [0.29, 0.717) is 12.5 Å². The Balaban J connectivity index is 2.42. The molecule has 0 saturated heterocycles. The van der Waals surface area contributed by atoms with Crippen LogP contribution >= 0.6 is 0 Å². The van der Waals surface area contributed by atoms with Crippen molar-refractivity contribution >= 4 is 6.34 Å². The molecule has 0 N–H and O–H groups in total. The second-order valence-corrected chi connectivity index (χ2v) is 5.92. The van der Waals surface area contributed by atoms with Gasteiger partial charge in [0.15, 0.2) is 0 Å². The molecule has 1 aliphatic heterocycles. The van der Waals surface area contributed by atoms with E-state index in [0.717, 1.165) is 13.1 Å². The van der Waals surface area contributed by atoms with E-state index in [-0.39, 0.29) is 11.6 Å². The number of ether oxygens (including phenoxy) is 1. The maximum Gasteiger partial charge on any atom is 0.0860 e. The predicted molar refractivity (Wildman–Crippen MR) is 73.5 cm³/mol. The van der Waals surface area contributed by atoms with Gasteiger partial charge in [-0.05, 0) is 26.7 Å². The standard InChI is InChI=1S/C14H26N2O/c1-12(2)13(10-17-14(3,4)5)15-11-16-8-6-7-9-16/h6-7,11-13H,8-10H2,1-5H3/t13-/m1/s1. The first kappa shape index (κ1) is 14.2. The number of hydrogen-bond donors (Lipinski definition) is 0. The third kappa shape index (κ3) is 5.87. The molecule has 0 radical (unpaired) electrons. The van der Waals surface area contributed by atoms with Crippen molar-refractivity contribution in [3.63, 3.8) is 0 Å². The molecule has 0 fully saturated rings. The monoisotopic (exact) mass is 238 g/mol. The van der Waals surface area contributed by atoms with Crippen LogP contribution in [0.25, 0.3) is 0 Å². The largest absolute Gasteiger partial charge is 0.374 e. The summed E-state index contributed by atoms with van der Waals surface area (Å²) in [7, 11) is 0. The molecular weight excluding hydrogens is 212 g/mol. The average Bonchev–Trinajstić information content (AvgIpc) is 2.68. The van der Waals surface area contributed by atoms with Crippen LogP contribution in [-0.4, -0.2) is 42.6 Å². The smallest absolute Gasteiger partial charge is 0.0860 e. The Bertz CT molecular complexity index is 268. The molecule has 0 spiro atoms. The van der Waals surface area contributed by atoms with Gasteiger partial charge in [-0.2, -0.15) is 0 Å². The van der Waals surface area contributed by atoms with Crippen LogP contribution in [0.3, 0.4) is 0 Å². The van der Waals surface area contributed by atoms with Crippen molar-refractivity contribution in [3.8, 4) is 0 Å². The molecule has 3 heteroatoms. The van der Waals surface area contributed by atoms with Gasteiger partial charge in [0.2, 0.25) is 0 Å². The van der Waals surface area contributed by atoms with E-state index in [9.17, 15) is 0 Å². The maximum absolute atomic E-state index is 5.82. The highest BCUT2D eigenvalue weighted by atomic mass is 16.5. The lowest BCUT2D eigenvalue weighted by atomic mass is 10.1. The van der Waals surface area contributed by atoms with Crippen molar-refractivity contribution in [2.24, 2.45) is 10.9 Å². The summed E-state index contributed by atoms with van der Waals surface area (Å²) in [6.07, 6.45) is 6.31. The van der Waals surface area contributed by atoms with Gasteiger partial charge in [0.05, 0.1) is 24.6 Å². The second-order valence-electron chi connectivity index (χ2n) is 5.92. The molecule has 3 nitrogen and oxygen atoms in total. The van der Waals surface area contributed by atoms with Crippen molar-refractivity contribution in [1.82, 2.24) is 4.90 Å². The quantitative estimate of drug-likeness (QED) is 0.418. The minimum Gasteiger partial charge on any atom is -0.374 e. The zero-order valence-corrected chi connectivity index (χ0v) is 11.8. The summed E-state index contributed by atoms with van der Waals surface area (Å²) < 4.78 is 5.82. The van der Waals surface area contributed by atoms with Crippen molar-refractivity contribution in [1.29, 1.82) is 0 Å². The van der Waals surface area contributed by atoms with Crippen LogP contribution in [0.15, 0.2) is 17.1 Å². The SMILES string of the molecule is CC(C)[C@@H](COC(C)(C)C)N=CN1CC=CC1. The third-order valence-electron chi connectivity index (χ3n) is 2.72. The molecule has 0 unspecified atom stereocenters. The van der Waals surface area contributed by atoms with Crippen LogP contribution in [0, 0.1) is 5.92 Å². The normalized spacial score (nSPS) is 18.6. The van der Waals surface area contributed by atoms with Crippen molar-refractivity contribution in [2.45, 2.75) is 46.3 Å². The fourth-order valence-corrected chi connectivity index (χ4v) is 1.51. The number of rotatable bonds is 5. The van der Waals surface area contributed by atoms with Crippen molar-refractivity contribution < 1.29 is 4.74 Å². The molecule has 98 valence electrons. The Morgan fingerprint density at radius 2 is 1.88 bits per heavy atom. The van der Waals surface area contributed by atoms with Crippen LogP contribution in [0.5, 0.6) is 0 Å². The molecule has 0 aromatic rings. The molecule has 0 aliphatic carbocycles. The molecule has 0 bridgehead atoms. The summed E-state index contributed by atoms with van der Waals surface area (Å²) >= 11 is 0. The van der Waals surface area contributed by atoms with Crippen LogP contribution in [0.2, 0.25) is 0 Å². The summed E-state index contributed by atoms with van der Waals surface area (Å²) in [5, 5.41) is 0. The number of hydrogen-bond acceptors (Lipinski definition) is 2. The van der Waals surface area contributed by atoms with Crippen LogP contribution in [-0.2, 0) is 4.74 Å². The Labute approximate surface area is 106 Å². The summed E-state index contributed by atoms with van der Waals surface area (Å²) in [5.41, 5.74) is -0.0855. The van der Waals surface area contributed by atoms with Crippen LogP contribution in [0.4, 0.5) is 0 Å². The van der Waals surface area contributed by atoms with Crippen LogP contribution < -0.4 is 0 Å². The molecule has 1 rings (SSSR count). The molecule has 1 aliphatic rings. The fourth-order valence-electron chi connectivity index (χ4n) is 1.51. The van der Waals surface area contributed by atoms with E-state index in [4.69, 9.17) is 4.74 Å². The van der Waals surface area contributed by atoms with E-state index in [2.05, 4.69) is 56.7 Å². The van der Waals surface area contributed by atoms with Gasteiger partial charge in [0.25, 0.3) is 0 Å². The van der Waals surface area contributed by atoms with Crippen molar-refractivity contribution in [3.05, 3.63) is 12.2 Å². The first-order valence-corrected chi connectivity index (χ1v) is 6.45. The van der Waals surface area contributed by atoms with Gasteiger partial charge in [-0.3, -0.25) is 4.99 Å². The first-order valence-electron chi connectivity index (χ1n) is 6.45. The Morgan fingerprint density at radius 1 is 1.29 bits per heavy atom. The van der Waals surface area contributed by atoms with Gasteiger partial charge in [-0.25, -0.2) is 0 Å². The topological polar surface area (TPSA) is 24.8 Å². The highest BCUT2D eigenvalue weighted by Gasteiger charge is 2.17. The van der Waals surface area contributed by atoms with E-state index in [1.165, 1.54) is 0 Å². The van der Waals surface area contributed by atoms with Crippen LogP contribution in [0.1, 0.15) is 34.6 Å². The number of aliphatic imine (C=N–C) groups is 1. The van der Waals surface area contributed by atoms with Gasteiger partial charge in [-0.15, -0.1) is 0 Å². The first-order chi connectivity index (χ1) is 7.88. The number of nitrogens with zero attached hydrogens (tertiary/aromatic N) is 2. The zero-order chi connectivity index (χ0) is 12.9. The van der Waals surface area contributed by atoms with Crippen molar-refractivity contribution in [2.75, 3.05) is 19.7 Å². The molecule has 0 amide bonds. The van der Waals surface area contributed by atoms with Gasteiger partial charge >= 0.3 is 0 Å². The van der Waals surface area contributed by atoms with E-state index >= 15 is 0 Å². The minimum absolute atomic E-state index is 0.0855. The van der Waals surface area contributed by atoms with Gasteiger partial charge < -0.3 is 9.64 Å². The summed E-state index contributed by atoms with van der Waals surface area (Å²) in [4.78, 5) is 6.85. The average molecular weight is 238 g/mol. The van der Waals surface area contributed by atoms with E-state index in [1.807, 2.05) is 6.34 Å². The fraction of sp³-hybridized carbons (Fsp3) is 0.786. The highest BCUT2D eigenvalue weighted by molar-refractivity contribution is 5.56. The minimum atomic E-state index is -0.0855. The molecule has 1 atom stereocenters. The Morgan fingerprint density at radius 3 is 2.35 bits per heavy atom. The lowest BCUT2D eigenvalue weighted by Crippen LogP contribution is -2.29. The lowest BCUT2D eigenvalue weighted by Gasteiger charge is -2.24. The van der Waals surface area contributed by atoms with E-state index in [1.54, 1.807) is 0 Å². The van der Waals surface area contributed by atoms with Gasteiger partial charge in [-0.1, -0.05) is 26.0 Å². The van der Waals surface area contributed by atoms with Gasteiger partial charge in [0, 0.05) is 13.1 Å². The summed E-state index contributed by atoms with van der Waals surface area (Å²) in [6, 6.07) is 0.245. The van der Waals surface area contributed by atoms with E-state index < -0.39 is 0 Å². The molecule has 0 aromatic carbocycles. The molecular formula is C14H26N2O. The highest BCUT2D eigenvalue weighted by Crippen LogP contribution is 2.13. The summed E-state index contributed by atoms with van der Waals surface area (Å²) in [6.45, 7) is 13.3. The molecule has 0 aromatic heterocycles. The lowest BCUT2D eigenvalue weighted by molar-refractivity contribution is -0.0145. The molecule has 0 saturated carbocycles.